The van der Waals surface area contributed by atoms with Gasteiger partial charge in [-0.05, 0) is 56.3 Å². The van der Waals surface area contributed by atoms with E-state index >= 15 is 0 Å². The van der Waals surface area contributed by atoms with Crippen LogP contribution < -0.4 is 0 Å². The number of nitrogens with zero attached hydrogens (tertiary/aromatic N) is 2. The molecule has 1 saturated heterocycles. The molecule has 0 aromatic carbocycles. The van der Waals surface area contributed by atoms with E-state index in [-0.39, 0.29) is 5.54 Å². The Bertz CT molecular complexity index is 482. The second-order valence-electron chi connectivity index (χ2n) is 7.15. The highest BCUT2D eigenvalue weighted by Gasteiger charge is 2.68. The Morgan fingerprint density at radius 2 is 1.62 bits per heavy atom. The van der Waals surface area contributed by atoms with Crippen LogP contribution in [0.15, 0.2) is 4.99 Å². The summed E-state index contributed by atoms with van der Waals surface area (Å²) in [5.74, 6) is 3.19. The maximum absolute atomic E-state index is 10.9. The van der Waals surface area contributed by atoms with E-state index < -0.39 is 8.79 Å². The highest BCUT2D eigenvalue weighted by atomic mass is 35.6. The highest BCUT2D eigenvalue weighted by molar-refractivity contribution is 8.02. The summed E-state index contributed by atoms with van der Waals surface area (Å²) in [5, 5.41) is 0. The SMILES string of the molecule is O=C=NC1(C(Cl)(Cl)Cl)SCN1C12CC3CC(CC(C3)C1)C2. The van der Waals surface area contributed by atoms with Crippen LogP contribution in [0, 0.1) is 17.8 Å². The Balaban J connectivity index is 1.71. The fraction of sp³-hybridized carbons (Fsp3) is 0.929. The second kappa shape index (κ2) is 4.78. The van der Waals surface area contributed by atoms with E-state index in [1.807, 2.05) is 0 Å². The average molecular weight is 368 g/mol. The number of isocyanates is 1. The largest absolute Gasteiger partial charge is 0.251 e. The molecule has 0 aromatic rings. The third kappa shape index (κ3) is 2.07. The summed E-state index contributed by atoms with van der Waals surface area (Å²) in [6.07, 6.45) is 9.20. The third-order valence-electron chi connectivity index (χ3n) is 5.91. The minimum atomic E-state index is -1.61. The molecule has 0 radical (unpaired) electrons. The molecule has 5 fully saturated rings. The van der Waals surface area contributed by atoms with Crippen LogP contribution in [0.2, 0.25) is 0 Å². The predicted octanol–water partition coefficient (Wildman–Crippen LogP) is 4.32. The normalized spacial score (nSPS) is 48.8. The van der Waals surface area contributed by atoms with Gasteiger partial charge in [0.15, 0.2) is 0 Å². The van der Waals surface area contributed by atoms with E-state index in [0.29, 0.717) is 0 Å². The molecular formula is C14H17Cl3N2OS. The molecule has 3 nitrogen and oxygen atoms in total. The van der Waals surface area contributed by atoms with Gasteiger partial charge < -0.3 is 0 Å². The van der Waals surface area contributed by atoms with E-state index in [4.69, 9.17) is 34.8 Å². The molecule has 0 spiro atoms. The summed E-state index contributed by atoms with van der Waals surface area (Å²) in [5.41, 5.74) is 0.0737. The molecule has 1 heterocycles. The molecule has 7 heteroatoms. The van der Waals surface area contributed by atoms with Crippen molar-refractivity contribution in [2.24, 2.45) is 22.7 Å². The zero-order chi connectivity index (χ0) is 14.9. The zero-order valence-electron chi connectivity index (χ0n) is 11.5. The van der Waals surface area contributed by atoms with E-state index in [9.17, 15) is 4.79 Å². The van der Waals surface area contributed by atoms with Crippen LogP contribution in [0.4, 0.5) is 0 Å². The molecule has 0 N–H and O–H groups in total. The number of rotatable bonds is 2. The molecule has 21 heavy (non-hydrogen) atoms. The molecule has 5 rings (SSSR count). The second-order valence-corrected chi connectivity index (χ2v) is 10.5. The van der Waals surface area contributed by atoms with Gasteiger partial charge in [-0.2, -0.15) is 4.99 Å². The van der Waals surface area contributed by atoms with Crippen LogP contribution in [-0.2, 0) is 4.79 Å². The lowest BCUT2D eigenvalue weighted by atomic mass is 9.52. The van der Waals surface area contributed by atoms with Crippen LogP contribution in [0.3, 0.4) is 0 Å². The van der Waals surface area contributed by atoms with Crippen molar-refractivity contribution >= 4 is 52.6 Å². The van der Waals surface area contributed by atoms with Gasteiger partial charge in [-0.3, -0.25) is 4.90 Å². The maximum atomic E-state index is 10.9. The van der Waals surface area contributed by atoms with Crippen molar-refractivity contribution < 1.29 is 4.79 Å². The average Bonchev–Trinajstić information content (AvgIpc) is 2.30. The number of hydrogen-bond donors (Lipinski definition) is 0. The van der Waals surface area contributed by atoms with Gasteiger partial charge in [-0.1, -0.05) is 46.6 Å². The Morgan fingerprint density at radius 1 is 1.10 bits per heavy atom. The Labute approximate surface area is 143 Å². The number of thioether (sulfide) groups is 1. The van der Waals surface area contributed by atoms with Gasteiger partial charge in [0.2, 0.25) is 14.9 Å². The van der Waals surface area contributed by atoms with Crippen molar-refractivity contribution in [1.82, 2.24) is 4.90 Å². The quantitative estimate of drug-likeness (QED) is 0.414. The molecule has 4 aliphatic carbocycles. The van der Waals surface area contributed by atoms with E-state index in [1.54, 1.807) is 6.08 Å². The Hall–Kier alpha value is 0.560. The minimum absolute atomic E-state index is 0.0737. The molecule has 116 valence electrons. The first-order chi connectivity index (χ1) is 9.88. The summed E-state index contributed by atoms with van der Waals surface area (Å²) in [6, 6.07) is 0. The van der Waals surface area contributed by atoms with E-state index in [0.717, 1.165) is 42.9 Å². The standard InChI is InChI=1S/C14H17Cl3N2OS/c15-13(16,17)14(18-7-20)19(8-21-14)12-4-9-1-10(5-12)3-11(2-9)6-12/h9-11H,1-6,8H2. The lowest BCUT2D eigenvalue weighted by Crippen LogP contribution is -2.73. The molecule has 1 aliphatic heterocycles. The number of carbonyl (C=O) groups excluding carboxylic acids is 1. The molecule has 1 unspecified atom stereocenters. The van der Waals surface area contributed by atoms with Crippen molar-refractivity contribution in [3.05, 3.63) is 0 Å². The summed E-state index contributed by atoms with van der Waals surface area (Å²) in [6.45, 7) is 0. The number of aliphatic imine (C=N–C) groups is 1. The first kappa shape index (κ1) is 15.1. The van der Waals surface area contributed by atoms with Crippen molar-refractivity contribution in [2.45, 2.75) is 52.9 Å². The summed E-state index contributed by atoms with van der Waals surface area (Å²) in [4.78, 5) is 16.0. The number of halogens is 3. The van der Waals surface area contributed by atoms with Crippen LogP contribution in [-0.4, -0.2) is 31.2 Å². The molecule has 4 saturated carbocycles. The molecular weight excluding hydrogens is 351 g/mol. The fourth-order valence-electron chi connectivity index (χ4n) is 5.56. The summed E-state index contributed by atoms with van der Waals surface area (Å²) < 4.78 is -1.61. The van der Waals surface area contributed by atoms with Crippen molar-refractivity contribution in [3.8, 4) is 0 Å². The Kier molecular flexibility index (Phi) is 3.44. The van der Waals surface area contributed by atoms with Crippen molar-refractivity contribution in [3.63, 3.8) is 0 Å². The van der Waals surface area contributed by atoms with Gasteiger partial charge in [0, 0.05) is 5.54 Å². The van der Waals surface area contributed by atoms with E-state index in [1.165, 1.54) is 31.0 Å². The lowest BCUT2D eigenvalue weighted by molar-refractivity contribution is -0.110. The molecule has 5 aliphatic rings. The van der Waals surface area contributed by atoms with Crippen molar-refractivity contribution in [1.29, 1.82) is 0 Å². The van der Waals surface area contributed by atoms with Crippen molar-refractivity contribution in [2.75, 3.05) is 5.88 Å². The molecule has 0 amide bonds. The summed E-state index contributed by atoms with van der Waals surface area (Å²) >= 11 is 20.0. The van der Waals surface area contributed by atoms with Gasteiger partial charge in [0.25, 0.3) is 0 Å². The third-order valence-corrected chi connectivity index (χ3v) is 8.44. The topological polar surface area (TPSA) is 32.7 Å². The van der Waals surface area contributed by atoms with E-state index in [2.05, 4.69) is 9.89 Å². The highest BCUT2D eigenvalue weighted by Crippen LogP contribution is 2.66. The molecule has 1 atom stereocenters. The molecule has 4 bridgehead atoms. The smallest absolute Gasteiger partial charge is 0.239 e. The monoisotopic (exact) mass is 366 g/mol. The van der Waals surface area contributed by atoms with Crippen LogP contribution >= 0.6 is 46.6 Å². The maximum Gasteiger partial charge on any atom is 0.239 e. The van der Waals surface area contributed by atoms with Crippen LogP contribution in [0.5, 0.6) is 0 Å². The fourth-order valence-corrected chi connectivity index (χ4v) is 7.72. The van der Waals surface area contributed by atoms with Gasteiger partial charge >= 0.3 is 0 Å². The number of alkyl halides is 3. The van der Waals surface area contributed by atoms with Gasteiger partial charge in [0.05, 0.1) is 5.88 Å². The summed E-state index contributed by atoms with van der Waals surface area (Å²) in [7, 11) is 0. The zero-order valence-corrected chi connectivity index (χ0v) is 14.6. The predicted molar refractivity (Wildman–Crippen MR) is 86.3 cm³/mol. The number of hydrogen-bond acceptors (Lipinski definition) is 4. The minimum Gasteiger partial charge on any atom is -0.251 e. The Morgan fingerprint density at radius 3 is 1.95 bits per heavy atom. The van der Waals surface area contributed by atoms with Crippen LogP contribution in [0.1, 0.15) is 38.5 Å². The van der Waals surface area contributed by atoms with Gasteiger partial charge in [-0.25, -0.2) is 4.79 Å². The molecule has 0 aromatic heterocycles. The first-order valence-corrected chi connectivity index (χ1v) is 9.58. The lowest BCUT2D eigenvalue weighted by Gasteiger charge is -2.67. The van der Waals surface area contributed by atoms with Crippen LogP contribution in [0.25, 0.3) is 0 Å². The first-order valence-electron chi connectivity index (χ1n) is 7.46. The van der Waals surface area contributed by atoms with Gasteiger partial charge in [0.1, 0.15) is 0 Å². The van der Waals surface area contributed by atoms with Gasteiger partial charge in [-0.15, -0.1) is 0 Å².